The van der Waals surface area contributed by atoms with Gasteiger partial charge in [0.25, 0.3) is 10.0 Å². The minimum absolute atomic E-state index is 0.0109. The van der Waals surface area contributed by atoms with Crippen molar-refractivity contribution in [3.63, 3.8) is 0 Å². The zero-order chi connectivity index (χ0) is 23.4. The number of pyridine rings is 1. The summed E-state index contributed by atoms with van der Waals surface area (Å²) in [6.07, 6.45) is 4.94. The van der Waals surface area contributed by atoms with Crippen LogP contribution in [0.1, 0.15) is 31.2 Å². The summed E-state index contributed by atoms with van der Waals surface area (Å²) in [5, 5.41) is 0.919. The van der Waals surface area contributed by atoms with E-state index in [0.29, 0.717) is 29.4 Å². The Morgan fingerprint density at radius 1 is 1.00 bits per heavy atom. The molecular formula is C24H25Cl2N4O2S+. The lowest BCUT2D eigenvalue weighted by molar-refractivity contribution is -0.477. The van der Waals surface area contributed by atoms with Crippen molar-refractivity contribution in [1.82, 2.24) is 9.71 Å². The molecular weight excluding hydrogens is 479 g/mol. The number of sulfonamides is 1. The zero-order valence-electron chi connectivity index (χ0n) is 17.9. The van der Waals surface area contributed by atoms with Crippen LogP contribution in [0.15, 0.2) is 60.8 Å². The maximum atomic E-state index is 12.5. The molecule has 0 amide bonds. The average molecular weight is 504 g/mol. The van der Waals surface area contributed by atoms with E-state index in [1.54, 1.807) is 6.20 Å². The first-order chi connectivity index (χ1) is 15.8. The lowest BCUT2D eigenvalue weighted by Gasteiger charge is -2.12. The topological polar surface area (TPSA) is 99.0 Å². The highest BCUT2D eigenvalue weighted by molar-refractivity contribution is 7.90. The molecule has 0 aliphatic heterocycles. The summed E-state index contributed by atoms with van der Waals surface area (Å²) in [6, 6.07) is 17.0. The van der Waals surface area contributed by atoms with Gasteiger partial charge in [0.1, 0.15) is 0 Å². The first-order valence-corrected chi connectivity index (χ1v) is 13.0. The molecule has 0 bridgehead atoms. The van der Waals surface area contributed by atoms with Gasteiger partial charge in [0.15, 0.2) is 0 Å². The van der Waals surface area contributed by atoms with Gasteiger partial charge in [0, 0.05) is 32.9 Å². The molecule has 1 aliphatic rings. The third kappa shape index (κ3) is 5.85. The molecule has 2 aromatic carbocycles. The molecule has 4 rings (SSSR count). The van der Waals surface area contributed by atoms with E-state index in [0.717, 1.165) is 40.8 Å². The van der Waals surface area contributed by atoms with E-state index < -0.39 is 10.0 Å². The number of halogens is 2. The molecule has 0 radical (unpaired) electrons. The van der Waals surface area contributed by atoms with E-state index >= 15 is 0 Å². The van der Waals surface area contributed by atoms with Crippen molar-refractivity contribution in [2.75, 3.05) is 0 Å². The second kappa shape index (κ2) is 10.1. The summed E-state index contributed by atoms with van der Waals surface area (Å²) in [5.74, 6) is 0.0109. The summed E-state index contributed by atoms with van der Waals surface area (Å²) in [5.41, 5.74) is 10.4. The maximum absolute atomic E-state index is 12.5. The van der Waals surface area contributed by atoms with Crippen molar-refractivity contribution in [3.8, 4) is 22.4 Å². The molecule has 1 aromatic heterocycles. The molecule has 1 saturated carbocycles. The standard InChI is InChI=1S/C24H24Cl2N4O2S/c25-19-9-5-17(6-10-19)22-13-16(14-28-23(22)18-7-11-20(26)12-8-18)15-29-24(27)30-33(31,32)21-3-1-2-4-21/h5-14,21H,1-4,15H2,(H3,27,29,30)/p+1. The smallest absolute Gasteiger partial charge is 0.290 e. The summed E-state index contributed by atoms with van der Waals surface area (Å²) < 4.78 is 27.4. The number of hydrogen-bond donors (Lipinski definition) is 3. The molecule has 3 aromatic rings. The Morgan fingerprint density at radius 2 is 1.58 bits per heavy atom. The van der Waals surface area contributed by atoms with Crippen LogP contribution in [-0.2, 0) is 16.6 Å². The van der Waals surface area contributed by atoms with E-state index in [1.807, 2.05) is 54.6 Å². The SMILES string of the molecule is NC(NS(=O)(=O)C1CCCC1)=[NH+]Cc1cnc(-c2ccc(Cl)cc2)c(-c2ccc(Cl)cc2)c1. The lowest BCUT2D eigenvalue weighted by Crippen LogP contribution is -2.78. The Labute approximate surface area is 203 Å². The van der Waals surface area contributed by atoms with Crippen LogP contribution < -0.4 is 15.4 Å². The van der Waals surface area contributed by atoms with E-state index in [-0.39, 0.29) is 11.2 Å². The number of benzene rings is 2. The Morgan fingerprint density at radius 3 is 2.18 bits per heavy atom. The highest BCUT2D eigenvalue weighted by atomic mass is 35.5. The second-order valence-corrected chi connectivity index (χ2v) is 10.9. The van der Waals surface area contributed by atoms with E-state index in [1.165, 1.54) is 0 Å². The Hall–Kier alpha value is -2.61. The maximum Gasteiger partial charge on any atom is 0.356 e. The Bertz CT molecular complexity index is 1250. The average Bonchev–Trinajstić information content (AvgIpc) is 3.35. The van der Waals surface area contributed by atoms with E-state index in [4.69, 9.17) is 28.9 Å². The van der Waals surface area contributed by atoms with Gasteiger partial charge in [-0.2, -0.15) is 13.1 Å². The van der Waals surface area contributed by atoms with Gasteiger partial charge >= 0.3 is 5.96 Å². The van der Waals surface area contributed by atoms with Gasteiger partial charge in [-0.05, 0) is 48.7 Å². The molecule has 0 unspecified atom stereocenters. The van der Waals surface area contributed by atoms with Crippen molar-refractivity contribution in [3.05, 3.63) is 76.4 Å². The Balaban J connectivity index is 1.61. The Kier molecular flexibility index (Phi) is 7.22. The summed E-state index contributed by atoms with van der Waals surface area (Å²) in [6.45, 7) is 0.313. The molecule has 0 spiro atoms. The van der Waals surface area contributed by atoms with Crippen LogP contribution in [0.3, 0.4) is 0 Å². The number of aromatic nitrogens is 1. The fourth-order valence-electron chi connectivity index (χ4n) is 3.96. The molecule has 1 aliphatic carbocycles. The fourth-order valence-corrected chi connectivity index (χ4v) is 5.71. The van der Waals surface area contributed by atoms with Gasteiger partial charge in [0.2, 0.25) is 0 Å². The highest BCUT2D eigenvalue weighted by Gasteiger charge is 2.31. The summed E-state index contributed by atoms with van der Waals surface area (Å²) in [4.78, 5) is 7.65. The van der Waals surface area contributed by atoms with Crippen molar-refractivity contribution in [2.45, 2.75) is 37.5 Å². The predicted octanol–water partition coefficient (Wildman–Crippen LogP) is 3.48. The van der Waals surface area contributed by atoms with Crippen LogP contribution in [0.5, 0.6) is 0 Å². The first-order valence-electron chi connectivity index (χ1n) is 10.7. The first kappa shape index (κ1) is 23.5. The number of hydrogen-bond acceptors (Lipinski definition) is 3. The van der Waals surface area contributed by atoms with Crippen molar-refractivity contribution < 1.29 is 13.4 Å². The monoisotopic (exact) mass is 503 g/mol. The van der Waals surface area contributed by atoms with Gasteiger partial charge in [-0.25, -0.2) is 0 Å². The zero-order valence-corrected chi connectivity index (χ0v) is 20.2. The van der Waals surface area contributed by atoms with Gasteiger partial charge in [-0.15, -0.1) is 0 Å². The van der Waals surface area contributed by atoms with Crippen LogP contribution in [0.2, 0.25) is 10.0 Å². The van der Waals surface area contributed by atoms with Gasteiger partial charge in [-0.1, -0.05) is 60.3 Å². The van der Waals surface area contributed by atoms with Crippen molar-refractivity contribution >= 4 is 39.2 Å². The quantitative estimate of drug-likeness (QED) is 0.354. The molecule has 1 heterocycles. The van der Waals surface area contributed by atoms with Crippen LogP contribution in [0.25, 0.3) is 22.4 Å². The minimum Gasteiger partial charge on any atom is -0.290 e. The largest absolute Gasteiger partial charge is 0.356 e. The van der Waals surface area contributed by atoms with E-state index in [2.05, 4.69) is 14.7 Å². The van der Waals surface area contributed by atoms with Crippen LogP contribution >= 0.6 is 23.2 Å². The van der Waals surface area contributed by atoms with Crippen molar-refractivity contribution in [2.24, 2.45) is 5.73 Å². The molecule has 33 heavy (non-hydrogen) atoms. The third-order valence-electron chi connectivity index (χ3n) is 5.69. The van der Waals surface area contributed by atoms with Crippen LogP contribution in [0, 0.1) is 0 Å². The molecule has 1 fully saturated rings. The number of nitrogens with zero attached hydrogens (tertiary/aromatic N) is 1. The normalized spacial score (nSPS) is 15.0. The number of nitrogens with two attached hydrogens (primary N) is 1. The van der Waals surface area contributed by atoms with Gasteiger partial charge in [0.05, 0.1) is 17.5 Å². The van der Waals surface area contributed by atoms with Gasteiger partial charge in [-0.3, -0.25) is 15.7 Å². The predicted molar refractivity (Wildman–Crippen MR) is 133 cm³/mol. The molecule has 172 valence electrons. The number of nitrogens with one attached hydrogen (secondary N) is 2. The van der Waals surface area contributed by atoms with Crippen molar-refractivity contribution in [1.29, 1.82) is 0 Å². The van der Waals surface area contributed by atoms with E-state index in [9.17, 15) is 8.42 Å². The molecule has 9 heteroatoms. The molecule has 0 atom stereocenters. The molecule has 6 nitrogen and oxygen atoms in total. The third-order valence-corrected chi connectivity index (χ3v) is 8.05. The number of guanidine groups is 1. The molecule has 4 N–H and O–H groups in total. The summed E-state index contributed by atoms with van der Waals surface area (Å²) in [7, 11) is -3.48. The minimum atomic E-state index is -3.48. The number of rotatable bonds is 6. The second-order valence-electron chi connectivity index (χ2n) is 8.07. The molecule has 0 saturated heterocycles. The summed E-state index contributed by atoms with van der Waals surface area (Å²) >= 11 is 12.1. The lowest BCUT2D eigenvalue weighted by atomic mass is 9.98. The van der Waals surface area contributed by atoms with Crippen LogP contribution in [-0.4, -0.2) is 24.6 Å². The highest BCUT2D eigenvalue weighted by Crippen LogP contribution is 2.32. The van der Waals surface area contributed by atoms with Crippen LogP contribution in [0.4, 0.5) is 0 Å². The van der Waals surface area contributed by atoms with Gasteiger partial charge < -0.3 is 0 Å². The fraction of sp³-hybridized carbons (Fsp3) is 0.250.